The third-order valence-electron chi connectivity index (χ3n) is 3.61. The SMILES string of the molecule is Cc1nn(-c2ccc([S+](C)[O-])cn2)c(O)c1-c1ccc(C#N)cc1. The van der Waals surface area contributed by atoms with E-state index in [1.807, 2.05) is 0 Å². The van der Waals surface area contributed by atoms with Crippen molar-refractivity contribution in [3.8, 4) is 28.9 Å². The van der Waals surface area contributed by atoms with Gasteiger partial charge in [-0.2, -0.15) is 15.0 Å². The third kappa shape index (κ3) is 2.85. The lowest BCUT2D eigenvalue weighted by Gasteiger charge is -2.06. The van der Waals surface area contributed by atoms with E-state index in [9.17, 15) is 9.66 Å². The first-order chi connectivity index (χ1) is 11.5. The molecule has 0 saturated heterocycles. The molecule has 1 unspecified atom stereocenters. The number of nitriles is 1. The second-order valence-corrected chi connectivity index (χ2v) is 6.57. The van der Waals surface area contributed by atoms with E-state index < -0.39 is 11.2 Å². The Balaban J connectivity index is 2.04. The molecule has 0 bridgehead atoms. The molecular weight excluding hydrogens is 324 g/mol. The maximum atomic E-state index is 11.4. The first kappa shape index (κ1) is 16.1. The van der Waals surface area contributed by atoms with Crippen molar-refractivity contribution in [2.24, 2.45) is 0 Å². The van der Waals surface area contributed by atoms with Gasteiger partial charge in [-0.3, -0.25) is 0 Å². The summed E-state index contributed by atoms with van der Waals surface area (Å²) in [6.07, 6.45) is 3.08. The largest absolute Gasteiger partial charge is 0.612 e. The Kier molecular flexibility index (Phi) is 4.25. The summed E-state index contributed by atoms with van der Waals surface area (Å²) in [7, 11) is 0. The Morgan fingerprint density at radius 3 is 2.46 bits per heavy atom. The minimum absolute atomic E-state index is 0.0323. The minimum atomic E-state index is -1.11. The Morgan fingerprint density at radius 2 is 1.92 bits per heavy atom. The second-order valence-electron chi connectivity index (χ2n) is 5.19. The summed E-state index contributed by atoms with van der Waals surface area (Å²) in [5.74, 6) is 0.403. The molecule has 1 N–H and O–H groups in total. The molecule has 0 radical (unpaired) electrons. The van der Waals surface area contributed by atoms with Crippen molar-refractivity contribution in [3.63, 3.8) is 0 Å². The summed E-state index contributed by atoms with van der Waals surface area (Å²) in [6.45, 7) is 1.79. The molecule has 1 atom stereocenters. The Hall–Kier alpha value is -2.82. The molecule has 7 heteroatoms. The van der Waals surface area contributed by atoms with Gasteiger partial charge in [0.1, 0.15) is 6.26 Å². The summed E-state index contributed by atoms with van der Waals surface area (Å²) in [6, 6.07) is 12.3. The molecule has 0 fully saturated rings. The van der Waals surface area contributed by atoms with Gasteiger partial charge in [0.15, 0.2) is 10.7 Å². The number of aromatic hydroxyl groups is 1. The summed E-state index contributed by atoms with van der Waals surface area (Å²) >= 11 is -1.11. The van der Waals surface area contributed by atoms with Gasteiger partial charge in [0.2, 0.25) is 5.88 Å². The molecule has 0 saturated carbocycles. The maximum absolute atomic E-state index is 11.4. The van der Waals surface area contributed by atoms with Crippen LogP contribution in [-0.4, -0.2) is 30.7 Å². The van der Waals surface area contributed by atoms with Crippen LogP contribution in [0.4, 0.5) is 0 Å². The van der Waals surface area contributed by atoms with Crippen molar-refractivity contribution in [1.29, 1.82) is 5.26 Å². The standard InChI is InChI=1S/C17H14N4O2S/c1-11-16(13-5-3-12(9-18)4-6-13)17(22)21(20-11)15-8-7-14(10-19-15)24(2)23/h3-8,10,22H,1-2H3. The average molecular weight is 338 g/mol. The molecule has 0 spiro atoms. The van der Waals surface area contributed by atoms with E-state index in [2.05, 4.69) is 16.2 Å². The van der Waals surface area contributed by atoms with E-state index in [0.717, 1.165) is 5.56 Å². The lowest BCUT2D eigenvalue weighted by atomic mass is 10.0. The zero-order valence-corrected chi connectivity index (χ0v) is 13.9. The van der Waals surface area contributed by atoms with Gasteiger partial charge in [-0.05, 0) is 47.9 Å². The molecule has 2 aromatic heterocycles. The van der Waals surface area contributed by atoms with E-state index in [1.54, 1.807) is 49.6 Å². The average Bonchev–Trinajstić information content (AvgIpc) is 2.89. The minimum Gasteiger partial charge on any atom is -0.612 e. The molecule has 0 aliphatic rings. The van der Waals surface area contributed by atoms with Crippen LogP contribution in [0.15, 0.2) is 47.5 Å². The number of aryl methyl sites for hydroxylation is 1. The van der Waals surface area contributed by atoms with Crippen molar-refractivity contribution < 1.29 is 9.66 Å². The summed E-state index contributed by atoms with van der Waals surface area (Å²) in [5, 5.41) is 23.8. The first-order valence-electron chi connectivity index (χ1n) is 7.10. The molecule has 120 valence electrons. The molecule has 6 nitrogen and oxygen atoms in total. The molecular formula is C17H14N4O2S. The fraction of sp³-hybridized carbons (Fsp3) is 0.118. The fourth-order valence-electron chi connectivity index (χ4n) is 2.39. The van der Waals surface area contributed by atoms with Gasteiger partial charge in [-0.15, -0.1) is 0 Å². The molecule has 2 heterocycles. The molecule has 0 amide bonds. The van der Waals surface area contributed by atoms with Gasteiger partial charge in [0.25, 0.3) is 0 Å². The van der Waals surface area contributed by atoms with Crippen LogP contribution in [0, 0.1) is 18.3 Å². The van der Waals surface area contributed by atoms with Crippen LogP contribution >= 0.6 is 0 Å². The normalized spacial score (nSPS) is 11.9. The predicted octanol–water partition coefficient (Wildman–Crippen LogP) is 2.56. The number of rotatable bonds is 3. The predicted molar refractivity (Wildman–Crippen MR) is 90.2 cm³/mol. The number of hydrogen-bond donors (Lipinski definition) is 1. The Labute approximate surface area is 142 Å². The number of aromatic nitrogens is 3. The zero-order chi connectivity index (χ0) is 17.3. The van der Waals surface area contributed by atoms with Crippen LogP contribution in [0.1, 0.15) is 11.3 Å². The number of pyridine rings is 1. The highest BCUT2D eigenvalue weighted by atomic mass is 32.2. The highest BCUT2D eigenvalue weighted by Gasteiger charge is 2.18. The van der Waals surface area contributed by atoms with Gasteiger partial charge in [-0.1, -0.05) is 12.1 Å². The highest BCUT2D eigenvalue weighted by molar-refractivity contribution is 7.90. The monoisotopic (exact) mass is 338 g/mol. The van der Waals surface area contributed by atoms with Crippen molar-refractivity contribution in [1.82, 2.24) is 14.8 Å². The van der Waals surface area contributed by atoms with Gasteiger partial charge in [-0.25, -0.2) is 4.98 Å². The van der Waals surface area contributed by atoms with Gasteiger partial charge >= 0.3 is 0 Å². The molecule has 3 rings (SSSR count). The van der Waals surface area contributed by atoms with E-state index in [0.29, 0.717) is 27.5 Å². The van der Waals surface area contributed by atoms with E-state index in [-0.39, 0.29) is 5.88 Å². The van der Waals surface area contributed by atoms with Gasteiger partial charge < -0.3 is 9.66 Å². The van der Waals surface area contributed by atoms with Crippen LogP contribution < -0.4 is 0 Å². The van der Waals surface area contributed by atoms with E-state index in [1.165, 1.54) is 10.9 Å². The molecule has 3 aromatic rings. The molecule has 0 aliphatic carbocycles. The molecule has 1 aromatic carbocycles. The quantitative estimate of drug-likeness (QED) is 0.740. The van der Waals surface area contributed by atoms with Crippen LogP contribution in [0.3, 0.4) is 0 Å². The zero-order valence-electron chi connectivity index (χ0n) is 13.1. The third-order valence-corrected chi connectivity index (χ3v) is 4.51. The number of nitrogens with zero attached hydrogens (tertiary/aromatic N) is 4. The van der Waals surface area contributed by atoms with Crippen LogP contribution in [0.25, 0.3) is 16.9 Å². The summed E-state index contributed by atoms with van der Waals surface area (Å²) in [4.78, 5) is 4.82. The van der Waals surface area contributed by atoms with Crippen LogP contribution in [-0.2, 0) is 11.2 Å². The topological polar surface area (TPSA) is 97.8 Å². The first-order valence-corrected chi connectivity index (χ1v) is 8.66. The summed E-state index contributed by atoms with van der Waals surface area (Å²) in [5.41, 5.74) is 2.54. The maximum Gasteiger partial charge on any atom is 0.223 e. The molecule has 24 heavy (non-hydrogen) atoms. The Bertz CT molecular complexity index is 910. The fourth-order valence-corrected chi connectivity index (χ4v) is 2.85. The van der Waals surface area contributed by atoms with E-state index in [4.69, 9.17) is 5.26 Å². The van der Waals surface area contributed by atoms with Crippen LogP contribution in [0.2, 0.25) is 0 Å². The van der Waals surface area contributed by atoms with Crippen LogP contribution in [0.5, 0.6) is 5.88 Å². The lowest BCUT2D eigenvalue weighted by Crippen LogP contribution is -2.02. The lowest BCUT2D eigenvalue weighted by molar-refractivity contribution is 0.433. The summed E-state index contributed by atoms with van der Waals surface area (Å²) < 4.78 is 12.8. The van der Waals surface area contributed by atoms with Gasteiger partial charge in [0, 0.05) is 0 Å². The smallest absolute Gasteiger partial charge is 0.223 e. The van der Waals surface area contributed by atoms with Crippen molar-refractivity contribution in [3.05, 3.63) is 53.9 Å². The van der Waals surface area contributed by atoms with Crippen molar-refractivity contribution in [2.75, 3.05) is 6.26 Å². The van der Waals surface area contributed by atoms with Crippen molar-refractivity contribution in [2.45, 2.75) is 11.8 Å². The second kappa shape index (κ2) is 6.35. The Morgan fingerprint density at radius 1 is 1.21 bits per heavy atom. The molecule has 0 aliphatic heterocycles. The van der Waals surface area contributed by atoms with Gasteiger partial charge in [0.05, 0.1) is 29.1 Å². The highest BCUT2D eigenvalue weighted by Crippen LogP contribution is 2.33. The number of hydrogen-bond acceptors (Lipinski definition) is 5. The van der Waals surface area contributed by atoms with Crippen molar-refractivity contribution >= 4 is 11.2 Å². The van der Waals surface area contributed by atoms with E-state index >= 15 is 0 Å². The number of benzene rings is 1.